The van der Waals surface area contributed by atoms with E-state index in [2.05, 4.69) is 5.10 Å². The lowest BCUT2D eigenvalue weighted by atomic mass is 10.0. The molecule has 0 spiro atoms. The number of carbonyl (C=O) groups is 2. The van der Waals surface area contributed by atoms with E-state index < -0.39 is 23.7 Å². The highest BCUT2D eigenvalue weighted by atomic mass is 32.1. The van der Waals surface area contributed by atoms with Crippen molar-refractivity contribution < 1.29 is 23.1 Å². The van der Waals surface area contributed by atoms with Gasteiger partial charge in [0.2, 0.25) is 0 Å². The van der Waals surface area contributed by atoms with Crippen molar-refractivity contribution in [3.63, 3.8) is 0 Å². The first-order valence-corrected chi connectivity index (χ1v) is 11.6. The Labute approximate surface area is 200 Å². The van der Waals surface area contributed by atoms with E-state index in [9.17, 15) is 18.4 Å². The molecule has 0 aliphatic carbocycles. The molecule has 2 heterocycles. The van der Waals surface area contributed by atoms with Crippen molar-refractivity contribution >= 4 is 28.9 Å². The molecule has 9 heteroatoms. The van der Waals surface area contributed by atoms with E-state index in [4.69, 9.17) is 4.74 Å². The average Bonchev–Trinajstić information content (AvgIpc) is 3.52. The monoisotopic (exact) mass is 483 g/mol. The number of rotatable bonds is 8. The van der Waals surface area contributed by atoms with E-state index in [0.29, 0.717) is 6.42 Å². The van der Waals surface area contributed by atoms with Gasteiger partial charge in [-0.1, -0.05) is 24.3 Å². The lowest BCUT2D eigenvalue weighted by molar-refractivity contribution is -0.133. The van der Waals surface area contributed by atoms with Crippen LogP contribution < -0.4 is 0 Å². The van der Waals surface area contributed by atoms with Crippen molar-refractivity contribution in [2.24, 2.45) is 5.10 Å². The summed E-state index contributed by atoms with van der Waals surface area (Å²) in [5.74, 6) is -1.79. The Morgan fingerprint density at radius 3 is 2.59 bits per heavy atom. The van der Waals surface area contributed by atoms with Gasteiger partial charge in [-0.25, -0.2) is 13.8 Å². The van der Waals surface area contributed by atoms with Crippen molar-refractivity contribution in [2.75, 3.05) is 26.8 Å². The Bertz CT molecular complexity index is 1180. The second kappa shape index (κ2) is 10.7. The molecule has 2 amide bonds. The smallest absolute Gasteiger partial charge is 0.262 e. The first kappa shape index (κ1) is 23.7. The third-order valence-electron chi connectivity index (χ3n) is 5.48. The van der Waals surface area contributed by atoms with Gasteiger partial charge in [-0.3, -0.25) is 9.59 Å². The van der Waals surface area contributed by atoms with Gasteiger partial charge in [0.1, 0.15) is 18.2 Å². The molecule has 0 bridgehead atoms. The highest BCUT2D eigenvalue weighted by Gasteiger charge is 2.34. The van der Waals surface area contributed by atoms with Crippen LogP contribution in [0.4, 0.5) is 8.78 Å². The summed E-state index contributed by atoms with van der Waals surface area (Å²) in [6, 6.07) is 14.7. The number of benzene rings is 2. The van der Waals surface area contributed by atoms with E-state index in [1.807, 2.05) is 17.5 Å². The van der Waals surface area contributed by atoms with E-state index in [1.165, 1.54) is 58.7 Å². The van der Waals surface area contributed by atoms with Crippen LogP contribution in [0, 0.1) is 11.6 Å². The standard InChI is InChI=1S/C25H23F2N3O3S/c1-33-12-11-29(25(32)18-4-2-5-20(27)14-18)16-24(31)30-22(17-7-9-19(26)10-8-17)15-21(28-30)23-6-3-13-34-23/h2-10,13-14,22H,11-12,15-16H2,1H3/t22-/m1/s1. The van der Waals surface area contributed by atoms with Crippen LogP contribution >= 0.6 is 11.3 Å². The van der Waals surface area contributed by atoms with E-state index in [0.717, 1.165) is 22.2 Å². The summed E-state index contributed by atoms with van der Waals surface area (Å²) < 4.78 is 32.3. The Kier molecular flexibility index (Phi) is 7.44. The van der Waals surface area contributed by atoms with Crippen LogP contribution in [0.25, 0.3) is 0 Å². The van der Waals surface area contributed by atoms with Crippen LogP contribution in [-0.2, 0) is 9.53 Å². The number of methoxy groups -OCH3 is 1. The lowest BCUT2D eigenvalue weighted by Gasteiger charge is -2.27. The summed E-state index contributed by atoms with van der Waals surface area (Å²) in [5, 5.41) is 7.87. The number of carbonyl (C=O) groups excluding carboxylic acids is 2. The molecule has 1 aliphatic rings. The fraction of sp³-hybridized carbons (Fsp3) is 0.240. The van der Waals surface area contributed by atoms with E-state index in [1.54, 1.807) is 12.1 Å². The zero-order chi connectivity index (χ0) is 24.1. The molecule has 0 N–H and O–H groups in total. The van der Waals surface area contributed by atoms with Gasteiger partial charge in [0, 0.05) is 25.6 Å². The molecule has 4 rings (SSSR count). The van der Waals surface area contributed by atoms with Crippen LogP contribution in [0.1, 0.15) is 33.3 Å². The maximum atomic E-state index is 13.7. The van der Waals surface area contributed by atoms with Crippen LogP contribution in [0.5, 0.6) is 0 Å². The van der Waals surface area contributed by atoms with Gasteiger partial charge in [0.15, 0.2) is 0 Å². The molecule has 1 atom stereocenters. The molecule has 176 valence electrons. The summed E-state index contributed by atoms with van der Waals surface area (Å²) in [4.78, 5) is 28.7. The Hall–Kier alpha value is -3.43. The number of halogens is 2. The molecule has 2 aromatic carbocycles. The summed E-state index contributed by atoms with van der Waals surface area (Å²) in [7, 11) is 1.50. The van der Waals surface area contributed by atoms with Crippen LogP contribution in [-0.4, -0.2) is 54.2 Å². The van der Waals surface area contributed by atoms with Crippen molar-refractivity contribution in [2.45, 2.75) is 12.5 Å². The molecule has 0 saturated carbocycles. The molecule has 0 radical (unpaired) electrons. The van der Waals surface area contributed by atoms with Crippen molar-refractivity contribution in [1.29, 1.82) is 0 Å². The molecule has 3 aromatic rings. The van der Waals surface area contributed by atoms with Gasteiger partial charge >= 0.3 is 0 Å². The first-order chi connectivity index (χ1) is 16.5. The summed E-state index contributed by atoms with van der Waals surface area (Å²) in [5.41, 5.74) is 1.63. The number of nitrogens with zero attached hydrogens (tertiary/aromatic N) is 3. The molecule has 0 fully saturated rings. The molecule has 0 saturated heterocycles. The summed E-state index contributed by atoms with van der Waals surface area (Å²) >= 11 is 1.52. The van der Waals surface area contributed by atoms with Crippen LogP contribution in [0.3, 0.4) is 0 Å². The number of amides is 2. The SMILES string of the molecule is COCCN(CC(=O)N1N=C(c2cccs2)C[C@@H]1c1ccc(F)cc1)C(=O)c1cccc(F)c1. The van der Waals surface area contributed by atoms with Gasteiger partial charge in [0.05, 0.1) is 23.2 Å². The maximum Gasteiger partial charge on any atom is 0.262 e. The maximum absolute atomic E-state index is 13.7. The molecule has 6 nitrogen and oxygen atoms in total. The Morgan fingerprint density at radius 1 is 1.12 bits per heavy atom. The lowest BCUT2D eigenvalue weighted by Crippen LogP contribution is -2.42. The van der Waals surface area contributed by atoms with E-state index in [-0.39, 0.29) is 31.1 Å². The topological polar surface area (TPSA) is 62.2 Å². The van der Waals surface area contributed by atoms with Gasteiger partial charge in [-0.15, -0.1) is 11.3 Å². The minimum Gasteiger partial charge on any atom is -0.383 e. The second-order valence-electron chi connectivity index (χ2n) is 7.76. The minimum absolute atomic E-state index is 0.142. The van der Waals surface area contributed by atoms with E-state index >= 15 is 0 Å². The number of hydrogen-bond acceptors (Lipinski definition) is 5. The molecule has 0 unspecified atom stereocenters. The molecule has 1 aliphatic heterocycles. The number of hydrogen-bond donors (Lipinski definition) is 0. The Balaban J connectivity index is 1.60. The summed E-state index contributed by atoms with van der Waals surface area (Å²) in [6.45, 7) is 0.0885. The largest absolute Gasteiger partial charge is 0.383 e. The molecule has 1 aromatic heterocycles. The highest BCUT2D eigenvalue weighted by Crippen LogP contribution is 2.34. The second-order valence-corrected chi connectivity index (χ2v) is 8.71. The summed E-state index contributed by atoms with van der Waals surface area (Å²) in [6.07, 6.45) is 0.466. The van der Waals surface area contributed by atoms with Gasteiger partial charge in [0.25, 0.3) is 11.8 Å². The fourth-order valence-electron chi connectivity index (χ4n) is 3.77. The van der Waals surface area contributed by atoms with Crippen molar-refractivity contribution in [3.05, 3.63) is 93.7 Å². The number of hydrazone groups is 1. The molecular formula is C25H23F2N3O3S. The van der Waals surface area contributed by atoms with Gasteiger partial charge in [-0.05, 0) is 47.3 Å². The zero-order valence-electron chi connectivity index (χ0n) is 18.5. The minimum atomic E-state index is -0.537. The average molecular weight is 484 g/mol. The van der Waals surface area contributed by atoms with Crippen molar-refractivity contribution in [3.8, 4) is 0 Å². The van der Waals surface area contributed by atoms with Crippen LogP contribution in [0.15, 0.2) is 71.1 Å². The highest BCUT2D eigenvalue weighted by molar-refractivity contribution is 7.12. The Morgan fingerprint density at radius 2 is 1.91 bits per heavy atom. The van der Waals surface area contributed by atoms with Crippen LogP contribution in [0.2, 0.25) is 0 Å². The third kappa shape index (κ3) is 5.37. The first-order valence-electron chi connectivity index (χ1n) is 10.7. The molecule has 34 heavy (non-hydrogen) atoms. The van der Waals surface area contributed by atoms with Gasteiger partial charge in [-0.2, -0.15) is 5.10 Å². The van der Waals surface area contributed by atoms with Crippen molar-refractivity contribution in [1.82, 2.24) is 9.91 Å². The zero-order valence-corrected chi connectivity index (χ0v) is 19.3. The predicted octanol–water partition coefficient (Wildman–Crippen LogP) is 4.49. The normalized spacial score (nSPS) is 15.3. The quantitative estimate of drug-likeness (QED) is 0.474. The number of thiophene rings is 1. The number of ether oxygens (including phenoxy) is 1. The molecular weight excluding hydrogens is 460 g/mol. The van der Waals surface area contributed by atoms with Gasteiger partial charge < -0.3 is 9.64 Å². The fourth-order valence-corrected chi connectivity index (χ4v) is 4.49. The predicted molar refractivity (Wildman–Crippen MR) is 126 cm³/mol. The third-order valence-corrected chi connectivity index (χ3v) is 6.40.